The van der Waals surface area contributed by atoms with E-state index >= 15 is 0 Å². The van der Waals surface area contributed by atoms with E-state index in [0.717, 1.165) is 22.9 Å². The quantitative estimate of drug-likeness (QED) is 0.424. The van der Waals surface area contributed by atoms with Gasteiger partial charge in [-0.1, -0.05) is 66.7 Å². The Labute approximate surface area is 193 Å². The molecule has 8 heteroatoms. The topological polar surface area (TPSA) is 93.1 Å². The van der Waals surface area contributed by atoms with Gasteiger partial charge in [-0.25, -0.2) is 8.42 Å². The predicted molar refractivity (Wildman–Crippen MR) is 131 cm³/mol. The van der Waals surface area contributed by atoms with E-state index in [9.17, 15) is 13.2 Å². The van der Waals surface area contributed by atoms with Gasteiger partial charge in [-0.2, -0.15) is 5.10 Å². The molecule has 0 atom stereocenters. The smallest absolute Gasteiger partial charge is 0.259 e. The van der Waals surface area contributed by atoms with Crippen molar-refractivity contribution in [3.63, 3.8) is 0 Å². The highest BCUT2D eigenvalue weighted by molar-refractivity contribution is 7.92. The maximum atomic E-state index is 13.3. The first-order chi connectivity index (χ1) is 15.8. The minimum absolute atomic E-state index is 0.331. The number of sulfonamides is 1. The van der Waals surface area contributed by atoms with Crippen LogP contribution in [0.5, 0.6) is 0 Å². The van der Waals surface area contributed by atoms with E-state index < -0.39 is 10.0 Å². The molecule has 4 rings (SSSR count). The number of carbonyl (C=O) groups excluding carboxylic acids is 1. The first-order valence-electron chi connectivity index (χ1n) is 10.3. The number of rotatable bonds is 7. The molecular weight excluding hydrogens is 436 g/mol. The number of benzene rings is 3. The number of nitrogens with zero attached hydrogens (tertiary/aromatic N) is 2. The van der Waals surface area contributed by atoms with E-state index in [1.54, 1.807) is 36.0 Å². The second-order valence-electron chi connectivity index (χ2n) is 7.80. The molecule has 33 heavy (non-hydrogen) atoms. The molecule has 0 saturated carbocycles. The predicted octanol–water partition coefficient (Wildman–Crippen LogP) is 4.53. The molecular formula is C25H24N4O3S. The van der Waals surface area contributed by atoms with Crippen LogP contribution < -0.4 is 10.0 Å². The van der Waals surface area contributed by atoms with Crippen LogP contribution >= 0.6 is 0 Å². The van der Waals surface area contributed by atoms with Crippen LogP contribution in [0.25, 0.3) is 11.3 Å². The Kier molecular flexibility index (Phi) is 6.28. The van der Waals surface area contributed by atoms with Crippen LogP contribution in [0.3, 0.4) is 0 Å². The largest absolute Gasteiger partial charge is 0.322 e. The molecule has 0 unspecified atom stereocenters. The van der Waals surface area contributed by atoms with Crippen molar-refractivity contribution in [2.24, 2.45) is 0 Å². The van der Waals surface area contributed by atoms with Crippen LogP contribution in [-0.4, -0.2) is 30.4 Å². The van der Waals surface area contributed by atoms with Gasteiger partial charge in [0.1, 0.15) is 5.69 Å². The summed E-state index contributed by atoms with van der Waals surface area (Å²) in [5.74, 6) is -0.331. The fourth-order valence-electron chi connectivity index (χ4n) is 3.46. The van der Waals surface area contributed by atoms with E-state index in [-0.39, 0.29) is 5.91 Å². The Morgan fingerprint density at radius 3 is 2.30 bits per heavy atom. The number of aromatic nitrogens is 2. The first kappa shape index (κ1) is 22.3. The van der Waals surface area contributed by atoms with Crippen LogP contribution in [0.2, 0.25) is 0 Å². The zero-order valence-electron chi connectivity index (χ0n) is 18.3. The van der Waals surface area contributed by atoms with Gasteiger partial charge in [0.15, 0.2) is 0 Å². The van der Waals surface area contributed by atoms with Crippen LogP contribution in [0, 0.1) is 6.92 Å². The third-order valence-electron chi connectivity index (χ3n) is 5.03. The number of amides is 1. The molecule has 1 amide bonds. The van der Waals surface area contributed by atoms with E-state index in [1.165, 1.54) is 0 Å². The van der Waals surface area contributed by atoms with Gasteiger partial charge in [0.2, 0.25) is 10.0 Å². The van der Waals surface area contributed by atoms with Gasteiger partial charge >= 0.3 is 0 Å². The molecule has 0 aliphatic carbocycles. The molecule has 0 spiro atoms. The monoisotopic (exact) mass is 460 g/mol. The minimum atomic E-state index is -3.44. The Bertz CT molecular complexity index is 1380. The lowest BCUT2D eigenvalue weighted by atomic mass is 10.1. The van der Waals surface area contributed by atoms with Crippen LogP contribution in [-0.2, 0) is 16.6 Å². The summed E-state index contributed by atoms with van der Waals surface area (Å²) in [6, 6.07) is 24.5. The molecule has 0 fully saturated rings. The Morgan fingerprint density at radius 1 is 0.970 bits per heavy atom. The summed E-state index contributed by atoms with van der Waals surface area (Å²) in [4.78, 5) is 13.3. The molecule has 0 aliphatic rings. The highest BCUT2D eigenvalue weighted by atomic mass is 32.2. The van der Waals surface area contributed by atoms with Crippen molar-refractivity contribution in [1.29, 1.82) is 0 Å². The van der Waals surface area contributed by atoms with E-state index in [2.05, 4.69) is 15.1 Å². The molecule has 0 aliphatic heterocycles. The zero-order valence-corrected chi connectivity index (χ0v) is 19.1. The summed E-state index contributed by atoms with van der Waals surface area (Å²) in [6.45, 7) is 2.32. The van der Waals surface area contributed by atoms with Crippen molar-refractivity contribution in [2.75, 3.05) is 16.3 Å². The number of aryl methyl sites for hydroxylation is 1. The van der Waals surface area contributed by atoms with Crippen LogP contribution in [0.4, 0.5) is 11.4 Å². The van der Waals surface area contributed by atoms with Crippen molar-refractivity contribution in [2.45, 2.75) is 13.5 Å². The maximum Gasteiger partial charge on any atom is 0.259 e. The highest BCUT2D eigenvalue weighted by Crippen LogP contribution is 2.25. The summed E-state index contributed by atoms with van der Waals surface area (Å²) >= 11 is 0. The maximum absolute atomic E-state index is 13.3. The van der Waals surface area contributed by atoms with Crippen molar-refractivity contribution in [1.82, 2.24) is 9.78 Å². The fourth-order valence-corrected chi connectivity index (χ4v) is 4.08. The van der Waals surface area contributed by atoms with E-state index in [4.69, 9.17) is 0 Å². The van der Waals surface area contributed by atoms with E-state index in [1.807, 2.05) is 60.7 Å². The first-order valence-corrected chi connectivity index (χ1v) is 12.2. The number of nitrogens with one attached hydrogen (secondary N) is 2. The molecule has 0 radical (unpaired) electrons. The van der Waals surface area contributed by atoms with Gasteiger partial charge in [0.05, 0.1) is 24.1 Å². The number of hydrogen-bond acceptors (Lipinski definition) is 4. The molecule has 0 bridgehead atoms. The summed E-state index contributed by atoms with van der Waals surface area (Å²) in [7, 11) is -3.44. The summed E-state index contributed by atoms with van der Waals surface area (Å²) < 4.78 is 27.5. The molecule has 4 aromatic rings. The Hall–Kier alpha value is -3.91. The molecule has 168 valence electrons. The Morgan fingerprint density at radius 2 is 1.64 bits per heavy atom. The average molecular weight is 461 g/mol. The second kappa shape index (κ2) is 9.30. The van der Waals surface area contributed by atoms with Crippen LogP contribution in [0.1, 0.15) is 21.5 Å². The van der Waals surface area contributed by atoms with Gasteiger partial charge in [-0.05, 0) is 30.2 Å². The minimum Gasteiger partial charge on any atom is -0.322 e. The van der Waals surface area contributed by atoms with Crippen LogP contribution in [0.15, 0.2) is 85.1 Å². The molecule has 1 heterocycles. The number of carbonyl (C=O) groups is 1. The third kappa shape index (κ3) is 5.67. The summed E-state index contributed by atoms with van der Waals surface area (Å²) in [6.07, 6.45) is 2.82. The van der Waals surface area contributed by atoms with Gasteiger partial charge in [-0.3, -0.25) is 14.2 Å². The second-order valence-corrected chi connectivity index (χ2v) is 9.55. The van der Waals surface area contributed by atoms with E-state index in [0.29, 0.717) is 29.2 Å². The normalized spacial score (nSPS) is 11.2. The molecule has 7 nitrogen and oxygen atoms in total. The fraction of sp³-hybridized carbons (Fsp3) is 0.120. The van der Waals surface area contributed by atoms with Gasteiger partial charge in [0, 0.05) is 17.4 Å². The summed E-state index contributed by atoms with van der Waals surface area (Å²) in [5, 5.41) is 7.55. The van der Waals surface area contributed by atoms with Crippen molar-refractivity contribution in [3.8, 4) is 11.3 Å². The number of hydrogen-bond donors (Lipinski definition) is 2. The van der Waals surface area contributed by atoms with Gasteiger partial charge in [-0.15, -0.1) is 0 Å². The molecule has 1 aromatic heterocycles. The lowest BCUT2D eigenvalue weighted by molar-refractivity contribution is 0.102. The standard InChI is InChI=1S/C25H24N4O3S/c1-18-13-14-21(15-23(18)28-33(2,31)32)26-25(30)22-17-29(16-19-9-5-3-6-10-19)27-24(22)20-11-7-4-8-12-20/h3-15,17,28H,16H2,1-2H3,(H,26,30). The van der Waals surface area contributed by atoms with Crippen molar-refractivity contribution in [3.05, 3.63) is 102 Å². The van der Waals surface area contributed by atoms with Gasteiger partial charge in [0.25, 0.3) is 5.91 Å². The lowest BCUT2D eigenvalue weighted by Crippen LogP contribution is -2.14. The Balaban J connectivity index is 1.66. The summed E-state index contributed by atoms with van der Waals surface area (Å²) in [5.41, 5.74) is 4.55. The molecule has 0 saturated heterocycles. The van der Waals surface area contributed by atoms with Crippen molar-refractivity contribution >= 4 is 27.3 Å². The number of anilines is 2. The SMILES string of the molecule is Cc1ccc(NC(=O)c2cn(Cc3ccccc3)nc2-c2ccccc2)cc1NS(C)(=O)=O. The molecule has 3 aromatic carbocycles. The third-order valence-corrected chi connectivity index (χ3v) is 5.62. The zero-order chi connectivity index (χ0) is 23.4. The average Bonchev–Trinajstić information content (AvgIpc) is 3.20. The van der Waals surface area contributed by atoms with Crippen molar-refractivity contribution < 1.29 is 13.2 Å². The lowest BCUT2D eigenvalue weighted by Gasteiger charge is -2.11. The highest BCUT2D eigenvalue weighted by Gasteiger charge is 2.19. The molecule has 2 N–H and O–H groups in total. The van der Waals surface area contributed by atoms with Gasteiger partial charge < -0.3 is 5.32 Å².